The quantitative estimate of drug-likeness (QED) is 0.702. The van der Waals surface area contributed by atoms with Gasteiger partial charge in [-0.05, 0) is 31.0 Å². The number of nitrogens with two attached hydrogens (primary N) is 1. The maximum Gasteiger partial charge on any atom is 0.433 e. The lowest BCUT2D eigenvalue weighted by molar-refractivity contribution is -0.142. The molecule has 0 amide bonds. The van der Waals surface area contributed by atoms with Crippen LogP contribution in [0, 0.1) is 0 Å². The molecule has 0 radical (unpaired) electrons. The van der Waals surface area contributed by atoms with Gasteiger partial charge in [0, 0.05) is 11.6 Å². The van der Waals surface area contributed by atoms with Crippen molar-refractivity contribution in [3.05, 3.63) is 47.8 Å². The Kier molecular flexibility index (Phi) is 3.45. The zero-order chi connectivity index (χ0) is 17.6. The van der Waals surface area contributed by atoms with E-state index in [0.29, 0.717) is 15.9 Å². The molecule has 0 bridgehead atoms. The molecule has 3 aromatic rings. The number of alkyl halides is 3. The first kappa shape index (κ1) is 15.6. The Labute approximate surface area is 140 Å². The molecule has 6 nitrogen and oxygen atoms in total. The number of hydrogen-bond acceptors (Lipinski definition) is 5. The number of anilines is 1. The summed E-state index contributed by atoms with van der Waals surface area (Å²) >= 11 is 0. The molecule has 9 heteroatoms. The molecular formula is C16H13F3N6. The number of hydrogen-bond donors (Lipinski definition) is 1. The van der Waals surface area contributed by atoms with Gasteiger partial charge in [-0.1, -0.05) is 18.2 Å². The van der Waals surface area contributed by atoms with Crippen LogP contribution in [0.15, 0.2) is 46.6 Å². The van der Waals surface area contributed by atoms with Gasteiger partial charge in [-0.15, -0.1) is 10.2 Å². The Morgan fingerprint density at radius 3 is 2.48 bits per heavy atom. The van der Waals surface area contributed by atoms with Crippen LogP contribution in [0.5, 0.6) is 0 Å². The molecule has 4 rings (SSSR count). The molecule has 1 aliphatic carbocycles. The third kappa shape index (κ3) is 2.92. The zero-order valence-electron chi connectivity index (χ0n) is 12.9. The van der Waals surface area contributed by atoms with Crippen LogP contribution in [0.25, 0.3) is 5.65 Å². The molecule has 0 saturated heterocycles. The summed E-state index contributed by atoms with van der Waals surface area (Å²) in [5.41, 5.74) is 5.81. The molecule has 0 atom stereocenters. The molecule has 1 saturated carbocycles. The summed E-state index contributed by atoms with van der Waals surface area (Å²) in [6.07, 6.45) is -2.92. The summed E-state index contributed by atoms with van der Waals surface area (Å²) in [5.74, 6) is -0.105. The van der Waals surface area contributed by atoms with Crippen LogP contribution >= 0.6 is 0 Å². The van der Waals surface area contributed by atoms with Gasteiger partial charge < -0.3 is 5.73 Å². The fraction of sp³-hybridized carbons (Fsp3) is 0.250. The molecule has 1 aromatic carbocycles. The van der Waals surface area contributed by atoms with Crippen molar-refractivity contribution in [2.75, 3.05) is 5.73 Å². The molecule has 2 heterocycles. The number of halogens is 3. The Hall–Kier alpha value is -2.97. The molecule has 2 aromatic heterocycles. The minimum atomic E-state index is -4.57. The van der Waals surface area contributed by atoms with Gasteiger partial charge in [-0.2, -0.15) is 18.3 Å². The Morgan fingerprint density at radius 2 is 1.84 bits per heavy atom. The van der Waals surface area contributed by atoms with Gasteiger partial charge in [0.2, 0.25) is 0 Å². The van der Waals surface area contributed by atoms with Gasteiger partial charge in [-0.25, -0.2) is 9.50 Å². The number of azo groups is 1. The summed E-state index contributed by atoms with van der Waals surface area (Å²) in [4.78, 5) is 4.31. The van der Waals surface area contributed by atoms with Crippen LogP contribution in [-0.2, 0) is 6.18 Å². The van der Waals surface area contributed by atoms with Gasteiger partial charge >= 0.3 is 6.18 Å². The van der Waals surface area contributed by atoms with E-state index < -0.39 is 11.9 Å². The molecule has 0 spiro atoms. The van der Waals surface area contributed by atoms with Crippen LogP contribution in [0.2, 0.25) is 0 Å². The Bertz CT molecular complexity index is 957. The predicted octanol–water partition coefficient (Wildman–Crippen LogP) is 4.62. The van der Waals surface area contributed by atoms with Gasteiger partial charge in [-0.3, -0.25) is 0 Å². The van der Waals surface area contributed by atoms with Gasteiger partial charge in [0.05, 0.1) is 5.69 Å². The average molecular weight is 346 g/mol. The van der Waals surface area contributed by atoms with E-state index in [9.17, 15) is 13.2 Å². The maximum atomic E-state index is 13.4. The lowest BCUT2D eigenvalue weighted by atomic mass is 10.2. The predicted molar refractivity (Wildman–Crippen MR) is 85.0 cm³/mol. The Balaban J connectivity index is 1.88. The van der Waals surface area contributed by atoms with Crippen molar-refractivity contribution >= 4 is 22.8 Å². The fourth-order valence-corrected chi connectivity index (χ4v) is 2.53. The van der Waals surface area contributed by atoms with Crippen molar-refractivity contribution in [3.63, 3.8) is 0 Å². The van der Waals surface area contributed by atoms with Crippen LogP contribution in [0.4, 0.5) is 30.4 Å². The molecule has 0 unspecified atom stereocenters. The first-order valence-electron chi connectivity index (χ1n) is 7.66. The third-order valence-corrected chi connectivity index (χ3v) is 3.92. The summed E-state index contributed by atoms with van der Waals surface area (Å²) in [6, 6.07) is 9.85. The van der Waals surface area contributed by atoms with E-state index in [1.165, 1.54) is 0 Å². The topological polar surface area (TPSA) is 80.9 Å². The molecule has 0 aliphatic heterocycles. The van der Waals surface area contributed by atoms with Crippen LogP contribution in [0.1, 0.15) is 30.1 Å². The molecule has 2 N–H and O–H groups in total. The van der Waals surface area contributed by atoms with Crippen LogP contribution in [-0.4, -0.2) is 14.6 Å². The van der Waals surface area contributed by atoms with Crippen molar-refractivity contribution in [2.24, 2.45) is 10.2 Å². The highest BCUT2D eigenvalue weighted by atomic mass is 19.4. The summed E-state index contributed by atoms with van der Waals surface area (Å²) in [5, 5.41) is 11.8. The van der Waals surface area contributed by atoms with E-state index >= 15 is 0 Å². The van der Waals surface area contributed by atoms with Crippen molar-refractivity contribution in [3.8, 4) is 0 Å². The lowest BCUT2D eigenvalue weighted by Gasteiger charge is -2.10. The van der Waals surface area contributed by atoms with E-state index in [4.69, 9.17) is 5.73 Å². The zero-order valence-corrected chi connectivity index (χ0v) is 12.9. The number of aromatic nitrogens is 3. The third-order valence-electron chi connectivity index (χ3n) is 3.92. The standard InChI is InChI=1S/C16H13F3N6/c17-16(18,19)12-8-11(9-6-7-9)21-15-13(14(20)24-25(12)15)23-22-10-4-2-1-3-5-10/h1-5,8-9H,6-7H2,(H2,20,24). The Morgan fingerprint density at radius 1 is 1.12 bits per heavy atom. The monoisotopic (exact) mass is 346 g/mol. The number of benzene rings is 1. The number of fused-ring (bicyclic) bond motifs is 1. The normalized spacial score (nSPS) is 15.3. The summed E-state index contributed by atoms with van der Waals surface area (Å²) < 4.78 is 40.9. The van der Waals surface area contributed by atoms with Crippen molar-refractivity contribution < 1.29 is 13.2 Å². The smallest absolute Gasteiger partial charge is 0.380 e. The molecule has 25 heavy (non-hydrogen) atoms. The minimum Gasteiger partial charge on any atom is -0.380 e. The number of nitrogen functional groups attached to an aromatic ring is 1. The second kappa shape index (κ2) is 5.54. The SMILES string of the molecule is Nc1nn2c(C(F)(F)F)cc(C3CC3)nc2c1N=Nc1ccccc1. The second-order valence-corrected chi connectivity index (χ2v) is 5.84. The van der Waals surface area contributed by atoms with Crippen LogP contribution in [0.3, 0.4) is 0 Å². The molecule has 1 fully saturated rings. The van der Waals surface area contributed by atoms with Crippen molar-refractivity contribution in [2.45, 2.75) is 24.9 Å². The number of rotatable bonds is 3. The lowest BCUT2D eigenvalue weighted by Crippen LogP contribution is -2.14. The molecule has 1 aliphatic rings. The maximum absolute atomic E-state index is 13.4. The van der Waals surface area contributed by atoms with E-state index in [1.54, 1.807) is 24.3 Å². The van der Waals surface area contributed by atoms with E-state index in [-0.39, 0.29) is 23.1 Å². The average Bonchev–Trinajstić information content (AvgIpc) is 3.36. The van der Waals surface area contributed by atoms with Crippen LogP contribution < -0.4 is 5.73 Å². The van der Waals surface area contributed by atoms with Gasteiger partial charge in [0.15, 0.2) is 17.2 Å². The summed E-state index contributed by atoms with van der Waals surface area (Å²) in [7, 11) is 0. The second-order valence-electron chi connectivity index (χ2n) is 5.84. The highest BCUT2D eigenvalue weighted by Crippen LogP contribution is 2.42. The fourth-order valence-electron chi connectivity index (χ4n) is 2.53. The highest BCUT2D eigenvalue weighted by Gasteiger charge is 2.38. The molecule has 128 valence electrons. The first-order valence-corrected chi connectivity index (χ1v) is 7.66. The van der Waals surface area contributed by atoms with E-state index in [0.717, 1.165) is 18.9 Å². The largest absolute Gasteiger partial charge is 0.433 e. The van der Waals surface area contributed by atoms with Gasteiger partial charge in [0.1, 0.15) is 5.69 Å². The van der Waals surface area contributed by atoms with Crippen molar-refractivity contribution in [1.82, 2.24) is 14.6 Å². The van der Waals surface area contributed by atoms with Gasteiger partial charge in [0.25, 0.3) is 0 Å². The minimum absolute atomic E-state index is 0.0334. The first-order chi connectivity index (χ1) is 11.9. The molecular weight excluding hydrogens is 333 g/mol. The number of nitrogens with zero attached hydrogens (tertiary/aromatic N) is 5. The summed E-state index contributed by atoms with van der Waals surface area (Å²) in [6.45, 7) is 0. The van der Waals surface area contributed by atoms with Crippen molar-refractivity contribution in [1.29, 1.82) is 0 Å². The highest BCUT2D eigenvalue weighted by molar-refractivity contribution is 5.75. The van der Waals surface area contributed by atoms with E-state index in [2.05, 4.69) is 20.3 Å². The van der Waals surface area contributed by atoms with E-state index in [1.807, 2.05) is 6.07 Å².